The molecule has 2 nitrogen and oxygen atoms in total. The standard InChI is InChI=1S/C8H6FNOS/c9-6-2-1-3-7-5(6)4-11-8(12)10-7/h1-3H,4H2,(H,10,12). The Balaban J connectivity index is 2.48. The van der Waals surface area contributed by atoms with Crippen molar-refractivity contribution in [1.82, 2.24) is 0 Å². The molecule has 0 aromatic heterocycles. The molecule has 4 heteroatoms. The van der Waals surface area contributed by atoms with Crippen LogP contribution in [-0.2, 0) is 11.3 Å². The van der Waals surface area contributed by atoms with Crippen molar-refractivity contribution in [2.75, 3.05) is 5.32 Å². The van der Waals surface area contributed by atoms with Crippen molar-refractivity contribution in [3.05, 3.63) is 29.6 Å². The zero-order chi connectivity index (χ0) is 8.55. The largest absolute Gasteiger partial charge is 0.466 e. The SMILES string of the molecule is Fc1cccc2c1COC(=S)N2. The molecule has 1 N–H and O–H groups in total. The fraction of sp³-hybridized carbons (Fsp3) is 0.125. The third-order valence-corrected chi connectivity index (χ3v) is 1.92. The van der Waals surface area contributed by atoms with Gasteiger partial charge in [0.15, 0.2) is 0 Å². The van der Waals surface area contributed by atoms with E-state index in [0.29, 0.717) is 16.4 Å². The Bertz CT molecular complexity index is 340. The molecule has 12 heavy (non-hydrogen) atoms. The van der Waals surface area contributed by atoms with Gasteiger partial charge in [-0.15, -0.1) is 0 Å². The van der Waals surface area contributed by atoms with Crippen LogP contribution >= 0.6 is 12.2 Å². The summed E-state index contributed by atoms with van der Waals surface area (Å²) in [4.78, 5) is 0. The highest BCUT2D eigenvalue weighted by Gasteiger charge is 2.15. The summed E-state index contributed by atoms with van der Waals surface area (Å²) in [6, 6.07) is 4.81. The number of hydrogen-bond acceptors (Lipinski definition) is 2. The predicted octanol–water partition coefficient (Wildman–Crippen LogP) is 2.05. The van der Waals surface area contributed by atoms with E-state index in [9.17, 15) is 4.39 Å². The van der Waals surface area contributed by atoms with Gasteiger partial charge < -0.3 is 10.1 Å². The molecule has 62 valence electrons. The second-order valence-electron chi connectivity index (χ2n) is 2.47. The Labute approximate surface area is 74.3 Å². The molecule has 1 aliphatic rings. The fourth-order valence-corrected chi connectivity index (χ4v) is 1.28. The van der Waals surface area contributed by atoms with E-state index in [4.69, 9.17) is 17.0 Å². The lowest BCUT2D eigenvalue weighted by Crippen LogP contribution is -2.20. The Morgan fingerprint density at radius 1 is 1.50 bits per heavy atom. The number of anilines is 1. The van der Waals surface area contributed by atoms with E-state index < -0.39 is 0 Å². The van der Waals surface area contributed by atoms with Crippen LogP contribution in [0.2, 0.25) is 0 Å². The monoisotopic (exact) mass is 183 g/mol. The van der Waals surface area contributed by atoms with Crippen molar-refractivity contribution < 1.29 is 9.13 Å². The van der Waals surface area contributed by atoms with Crippen LogP contribution in [0.4, 0.5) is 10.1 Å². The van der Waals surface area contributed by atoms with Crippen LogP contribution in [0.3, 0.4) is 0 Å². The molecule has 1 heterocycles. The maximum atomic E-state index is 13.0. The van der Waals surface area contributed by atoms with Crippen LogP contribution in [0, 0.1) is 5.82 Å². The maximum absolute atomic E-state index is 13.0. The molecule has 0 bridgehead atoms. The number of thiocarbonyl (C=S) groups is 1. The molecule has 0 unspecified atom stereocenters. The first-order chi connectivity index (χ1) is 5.77. The number of hydrogen-bond donors (Lipinski definition) is 1. The summed E-state index contributed by atoms with van der Waals surface area (Å²) < 4.78 is 18.0. The van der Waals surface area contributed by atoms with Gasteiger partial charge >= 0.3 is 0 Å². The van der Waals surface area contributed by atoms with E-state index in [1.165, 1.54) is 6.07 Å². The normalized spacial score (nSPS) is 14.6. The zero-order valence-corrected chi connectivity index (χ0v) is 6.95. The number of rotatable bonds is 0. The van der Waals surface area contributed by atoms with Crippen LogP contribution in [0.5, 0.6) is 0 Å². The van der Waals surface area contributed by atoms with Crippen molar-refractivity contribution in [3.63, 3.8) is 0 Å². The van der Waals surface area contributed by atoms with E-state index >= 15 is 0 Å². The highest BCUT2D eigenvalue weighted by molar-refractivity contribution is 7.80. The average molecular weight is 183 g/mol. The quantitative estimate of drug-likeness (QED) is 0.622. The number of halogens is 1. The van der Waals surface area contributed by atoms with Gasteiger partial charge in [0.25, 0.3) is 5.17 Å². The van der Waals surface area contributed by atoms with Crippen molar-refractivity contribution in [3.8, 4) is 0 Å². The van der Waals surface area contributed by atoms with Crippen LogP contribution in [-0.4, -0.2) is 5.17 Å². The van der Waals surface area contributed by atoms with Crippen LogP contribution < -0.4 is 5.32 Å². The predicted molar refractivity (Wildman–Crippen MR) is 47.4 cm³/mol. The molecule has 0 saturated carbocycles. The lowest BCUT2D eigenvalue weighted by Gasteiger charge is -2.19. The Morgan fingerprint density at radius 2 is 2.33 bits per heavy atom. The van der Waals surface area contributed by atoms with Crippen molar-refractivity contribution >= 4 is 23.1 Å². The minimum Gasteiger partial charge on any atom is -0.466 e. The molecule has 1 aliphatic heterocycles. The third kappa shape index (κ3) is 1.14. The summed E-state index contributed by atoms with van der Waals surface area (Å²) >= 11 is 4.77. The first-order valence-corrected chi connectivity index (χ1v) is 3.89. The molecule has 0 amide bonds. The van der Waals surface area contributed by atoms with Crippen LogP contribution in [0.25, 0.3) is 0 Å². The lowest BCUT2D eigenvalue weighted by atomic mass is 10.1. The van der Waals surface area contributed by atoms with Gasteiger partial charge in [0.2, 0.25) is 0 Å². The second kappa shape index (κ2) is 2.71. The second-order valence-corrected chi connectivity index (χ2v) is 2.84. The first kappa shape index (κ1) is 7.49. The van der Waals surface area contributed by atoms with Crippen LogP contribution in [0.15, 0.2) is 18.2 Å². The minimum absolute atomic E-state index is 0.216. The van der Waals surface area contributed by atoms with E-state index in [-0.39, 0.29) is 12.4 Å². The van der Waals surface area contributed by atoms with Crippen molar-refractivity contribution in [2.45, 2.75) is 6.61 Å². The molecule has 0 radical (unpaired) electrons. The molecule has 1 aromatic carbocycles. The molecule has 0 atom stereocenters. The summed E-state index contributed by atoms with van der Waals surface area (Å²) in [7, 11) is 0. The van der Waals surface area contributed by atoms with Gasteiger partial charge in [0, 0.05) is 5.56 Å². The Hall–Kier alpha value is -1.16. The molecule has 2 rings (SSSR count). The van der Waals surface area contributed by atoms with Crippen molar-refractivity contribution in [1.29, 1.82) is 0 Å². The first-order valence-electron chi connectivity index (χ1n) is 3.48. The van der Waals surface area contributed by atoms with Gasteiger partial charge in [-0.3, -0.25) is 0 Å². The smallest absolute Gasteiger partial charge is 0.261 e. The molecule has 0 saturated heterocycles. The third-order valence-electron chi connectivity index (χ3n) is 1.70. The topological polar surface area (TPSA) is 21.3 Å². The summed E-state index contributed by atoms with van der Waals surface area (Å²) in [6.07, 6.45) is 0. The highest BCUT2D eigenvalue weighted by atomic mass is 32.1. The van der Waals surface area contributed by atoms with E-state index in [2.05, 4.69) is 5.32 Å². The van der Waals surface area contributed by atoms with Gasteiger partial charge in [0.05, 0.1) is 5.69 Å². The molecule has 1 aromatic rings. The molecular formula is C8H6FNOS. The Morgan fingerprint density at radius 3 is 3.17 bits per heavy atom. The number of fused-ring (bicyclic) bond motifs is 1. The molecule has 0 spiro atoms. The summed E-state index contributed by atoms with van der Waals surface area (Å²) in [5.41, 5.74) is 1.23. The van der Waals surface area contributed by atoms with Crippen molar-refractivity contribution in [2.24, 2.45) is 0 Å². The van der Waals surface area contributed by atoms with Gasteiger partial charge in [-0.05, 0) is 24.4 Å². The summed E-state index contributed by atoms with van der Waals surface area (Å²) in [6.45, 7) is 0.216. The molecule has 0 aliphatic carbocycles. The maximum Gasteiger partial charge on any atom is 0.261 e. The lowest BCUT2D eigenvalue weighted by molar-refractivity contribution is 0.288. The summed E-state index contributed by atoms with van der Waals surface area (Å²) in [5, 5.41) is 3.07. The van der Waals surface area contributed by atoms with E-state index in [1.807, 2.05) is 0 Å². The number of benzene rings is 1. The van der Waals surface area contributed by atoms with E-state index in [0.717, 1.165) is 0 Å². The Kier molecular flexibility index (Phi) is 1.69. The fourth-order valence-electron chi connectivity index (χ4n) is 1.11. The minimum atomic E-state index is -0.262. The molecule has 0 fully saturated rings. The van der Waals surface area contributed by atoms with Gasteiger partial charge in [-0.2, -0.15) is 0 Å². The van der Waals surface area contributed by atoms with Gasteiger partial charge in [0.1, 0.15) is 12.4 Å². The summed E-state index contributed by atoms with van der Waals surface area (Å²) in [5.74, 6) is -0.262. The highest BCUT2D eigenvalue weighted by Crippen LogP contribution is 2.23. The number of ether oxygens (including phenoxy) is 1. The van der Waals surface area contributed by atoms with Crippen LogP contribution in [0.1, 0.15) is 5.56 Å². The molecular weight excluding hydrogens is 177 g/mol. The zero-order valence-electron chi connectivity index (χ0n) is 6.13. The van der Waals surface area contributed by atoms with Gasteiger partial charge in [-0.25, -0.2) is 4.39 Å². The van der Waals surface area contributed by atoms with Gasteiger partial charge in [-0.1, -0.05) is 6.07 Å². The van der Waals surface area contributed by atoms with E-state index in [1.54, 1.807) is 12.1 Å². The number of nitrogens with one attached hydrogen (secondary N) is 1. The average Bonchev–Trinajstić information content (AvgIpc) is 2.04.